The Kier molecular flexibility index (Phi) is 4.90. The lowest BCUT2D eigenvalue weighted by Gasteiger charge is -2.08. The van der Waals surface area contributed by atoms with Gasteiger partial charge in [-0.25, -0.2) is 0 Å². The first-order valence-electron chi connectivity index (χ1n) is 6.00. The lowest BCUT2D eigenvalue weighted by Crippen LogP contribution is -2.24. The number of benzene rings is 1. The zero-order chi connectivity index (χ0) is 13.7. The number of hydrogen-bond acceptors (Lipinski definition) is 5. The second-order valence-electron chi connectivity index (χ2n) is 4.21. The molecule has 0 saturated heterocycles. The van der Waals surface area contributed by atoms with E-state index in [0.29, 0.717) is 36.1 Å². The van der Waals surface area contributed by atoms with Gasteiger partial charge in [-0.05, 0) is 17.7 Å². The quantitative estimate of drug-likeness (QED) is 0.874. The summed E-state index contributed by atoms with van der Waals surface area (Å²) in [5.74, 6) is 1.17. The molecule has 0 saturated carbocycles. The molecule has 1 unspecified atom stereocenters. The lowest BCUT2D eigenvalue weighted by atomic mass is 10.1. The molecule has 0 radical (unpaired) electrons. The van der Waals surface area contributed by atoms with E-state index >= 15 is 0 Å². The van der Waals surface area contributed by atoms with Crippen LogP contribution < -0.4 is 5.73 Å². The topological polar surface area (TPSA) is 74.2 Å². The van der Waals surface area contributed by atoms with Crippen LogP contribution in [0.15, 0.2) is 28.8 Å². The van der Waals surface area contributed by atoms with Crippen molar-refractivity contribution in [2.45, 2.75) is 18.9 Å². The molecule has 0 fully saturated rings. The summed E-state index contributed by atoms with van der Waals surface area (Å²) >= 11 is 5.93. The zero-order valence-corrected chi connectivity index (χ0v) is 11.4. The van der Waals surface area contributed by atoms with E-state index in [9.17, 15) is 0 Å². The minimum absolute atomic E-state index is 0.0977. The summed E-state index contributed by atoms with van der Waals surface area (Å²) < 4.78 is 10.3. The Labute approximate surface area is 116 Å². The Morgan fingerprint density at radius 3 is 3.00 bits per heavy atom. The summed E-state index contributed by atoms with van der Waals surface area (Å²) in [5.41, 5.74) is 6.59. The van der Waals surface area contributed by atoms with Crippen LogP contribution in [0.4, 0.5) is 0 Å². The second kappa shape index (κ2) is 6.65. The van der Waals surface area contributed by atoms with Crippen molar-refractivity contribution in [3.8, 4) is 0 Å². The highest BCUT2D eigenvalue weighted by Crippen LogP contribution is 2.13. The predicted octanol–water partition coefficient (Wildman–Crippen LogP) is 1.83. The first kappa shape index (κ1) is 14.0. The molecule has 6 heteroatoms. The van der Waals surface area contributed by atoms with Crippen molar-refractivity contribution in [2.24, 2.45) is 5.73 Å². The van der Waals surface area contributed by atoms with Crippen molar-refractivity contribution in [2.75, 3.05) is 13.7 Å². The molecule has 0 bridgehead atoms. The number of methoxy groups -OCH3 is 1. The van der Waals surface area contributed by atoms with Crippen molar-refractivity contribution >= 4 is 11.6 Å². The third kappa shape index (κ3) is 4.02. The van der Waals surface area contributed by atoms with Gasteiger partial charge in [0.25, 0.3) is 0 Å². The van der Waals surface area contributed by atoms with Crippen LogP contribution in [-0.2, 0) is 17.6 Å². The monoisotopic (exact) mass is 281 g/mol. The van der Waals surface area contributed by atoms with Crippen LogP contribution in [0, 0.1) is 0 Å². The Morgan fingerprint density at radius 1 is 1.47 bits per heavy atom. The van der Waals surface area contributed by atoms with Gasteiger partial charge in [-0.3, -0.25) is 0 Å². The average molecular weight is 282 g/mol. The van der Waals surface area contributed by atoms with Gasteiger partial charge in [-0.2, -0.15) is 4.98 Å². The Balaban J connectivity index is 2.01. The molecular formula is C13H16ClN3O2. The van der Waals surface area contributed by atoms with Crippen LogP contribution in [0.2, 0.25) is 5.02 Å². The molecule has 0 aliphatic carbocycles. The number of aromatic nitrogens is 2. The van der Waals surface area contributed by atoms with Crippen LogP contribution in [0.25, 0.3) is 0 Å². The van der Waals surface area contributed by atoms with Gasteiger partial charge in [-0.1, -0.05) is 28.9 Å². The molecule has 1 aromatic carbocycles. The van der Waals surface area contributed by atoms with Crippen molar-refractivity contribution < 1.29 is 9.26 Å². The molecule has 0 amide bonds. The second-order valence-corrected chi connectivity index (χ2v) is 4.65. The van der Waals surface area contributed by atoms with Crippen molar-refractivity contribution in [1.29, 1.82) is 0 Å². The van der Waals surface area contributed by atoms with E-state index in [1.54, 1.807) is 7.11 Å². The molecule has 2 N–H and O–H groups in total. The van der Waals surface area contributed by atoms with Crippen LogP contribution in [0.1, 0.15) is 17.3 Å². The van der Waals surface area contributed by atoms with Crippen molar-refractivity contribution in [3.63, 3.8) is 0 Å². The highest BCUT2D eigenvalue weighted by molar-refractivity contribution is 6.30. The SMILES string of the molecule is COC(CN)Cc1nc(Cc2cccc(Cl)c2)no1. The molecule has 0 aliphatic rings. The minimum Gasteiger partial charge on any atom is -0.380 e. The standard InChI is InChI=1S/C13H16ClN3O2/c1-18-11(8-15)7-13-16-12(17-19-13)6-9-3-2-4-10(14)5-9/h2-5,11H,6-8,15H2,1H3. The van der Waals surface area contributed by atoms with Crippen molar-refractivity contribution in [3.05, 3.63) is 46.6 Å². The normalized spacial score (nSPS) is 12.6. The van der Waals surface area contributed by atoms with Gasteiger partial charge in [0, 0.05) is 25.1 Å². The van der Waals surface area contributed by atoms with E-state index in [1.165, 1.54) is 0 Å². The first-order valence-corrected chi connectivity index (χ1v) is 6.38. The van der Waals surface area contributed by atoms with Gasteiger partial charge in [0.1, 0.15) is 0 Å². The van der Waals surface area contributed by atoms with E-state index in [1.807, 2.05) is 24.3 Å². The van der Waals surface area contributed by atoms with Gasteiger partial charge < -0.3 is 15.0 Å². The third-order valence-electron chi connectivity index (χ3n) is 2.76. The molecule has 1 heterocycles. The van der Waals surface area contributed by atoms with E-state index < -0.39 is 0 Å². The molecule has 2 rings (SSSR count). The smallest absolute Gasteiger partial charge is 0.229 e. The number of halogens is 1. The molecule has 5 nitrogen and oxygen atoms in total. The molecule has 1 aromatic heterocycles. The number of rotatable bonds is 6. The van der Waals surface area contributed by atoms with Gasteiger partial charge >= 0.3 is 0 Å². The summed E-state index contributed by atoms with van der Waals surface area (Å²) in [7, 11) is 1.61. The van der Waals surface area contributed by atoms with Gasteiger partial charge in [0.05, 0.1) is 12.5 Å². The number of nitrogens with zero attached hydrogens (tertiary/aromatic N) is 2. The molecular weight excluding hydrogens is 266 g/mol. The highest BCUT2D eigenvalue weighted by atomic mass is 35.5. The van der Waals surface area contributed by atoms with Crippen LogP contribution >= 0.6 is 11.6 Å². The summed E-state index contributed by atoms with van der Waals surface area (Å²) in [5, 5.41) is 4.64. The van der Waals surface area contributed by atoms with Crippen molar-refractivity contribution in [1.82, 2.24) is 10.1 Å². The largest absolute Gasteiger partial charge is 0.380 e. The van der Waals surface area contributed by atoms with E-state index in [2.05, 4.69) is 10.1 Å². The molecule has 0 spiro atoms. The minimum atomic E-state index is -0.0977. The first-order chi connectivity index (χ1) is 9.21. The number of hydrogen-bond donors (Lipinski definition) is 1. The van der Waals surface area contributed by atoms with Gasteiger partial charge in [0.2, 0.25) is 5.89 Å². The molecule has 0 aliphatic heterocycles. The summed E-state index contributed by atoms with van der Waals surface area (Å²) in [4.78, 5) is 4.31. The Hall–Kier alpha value is -1.43. The van der Waals surface area contributed by atoms with E-state index in [0.717, 1.165) is 5.56 Å². The summed E-state index contributed by atoms with van der Waals surface area (Å²) in [6, 6.07) is 7.58. The summed E-state index contributed by atoms with van der Waals surface area (Å²) in [6.07, 6.45) is 1.01. The fraction of sp³-hybridized carbons (Fsp3) is 0.385. The zero-order valence-electron chi connectivity index (χ0n) is 10.7. The molecule has 19 heavy (non-hydrogen) atoms. The average Bonchev–Trinajstić information content (AvgIpc) is 2.83. The van der Waals surface area contributed by atoms with E-state index in [-0.39, 0.29) is 6.10 Å². The Morgan fingerprint density at radius 2 is 2.32 bits per heavy atom. The Bertz CT molecular complexity index is 526. The third-order valence-corrected chi connectivity index (χ3v) is 3.00. The van der Waals surface area contributed by atoms with Crippen LogP contribution in [0.3, 0.4) is 0 Å². The maximum absolute atomic E-state index is 5.93. The fourth-order valence-electron chi connectivity index (χ4n) is 1.73. The van der Waals surface area contributed by atoms with Crippen LogP contribution in [-0.4, -0.2) is 29.9 Å². The highest BCUT2D eigenvalue weighted by Gasteiger charge is 2.13. The fourth-order valence-corrected chi connectivity index (χ4v) is 1.94. The maximum Gasteiger partial charge on any atom is 0.229 e. The molecule has 1 atom stereocenters. The summed E-state index contributed by atoms with van der Waals surface area (Å²) in [6.45, 7) is 0.419. The maximum atomic E-state index is 5.93. The molecule has 102 valence electrons. The van der Waals surface area contributed by atoms with Crippen LogP contribution in [0.5, 0.6) is 0 Å². The van der Waals surface area contributed by atoms with Gasteiger partial charge in [0.15, 0.2) is 5.82 Å². The lowest BCUT2D eigenvalue weighted by molar-refractivity contribution is 0.102. The van der Waals surface area contributed by atoms with E-state index in [4.69, 9.17) is 26.6 Å². The molecule has 2 aromatic rings. The number of nitrogens with two attached hydrogens (primary N) is 1. The predicted molar refractivity (Wildman–Crippen MR) is 72.1 cm³/mol. The number of ether oxygens (including phenoxy) is 1. The van der Waals surface area contributed by atoms with Gasteiger partial charge in [-0.15, -0.1) is 0 Å².